The topological polar surface area (TPSA) is 87.9 Å². The molecule has 0 bridgehead atoms. The Kier molecular flexibility index (Phi) is 7.05. The fraction of sp³-hybridized carbons (Fsp3) is 0.385. The number of hydrogen-bond donors (Lipinski definition) is 1. The van der Waals surface area contributed by atoms with Gasteiger partial charge in [0.1, 0.15) is 21.8 Å². The van der Waals surface area contributed by atoms with Crippen LogP contribution in [0.15, 0.2) is 36.4 Å². The smallest absolute Gasteiger partial charge is 0.220 e. The Morgan fingerprint density at radius 3 is 2.85 bits per heavy atom. The van der Waals surface area contributed by atoms with E-state index in [4.69, 9.17) is 4.74 Å². The molecule has 0 saturated carbocycles. The molecule has 1 aliphatic rings. The van der Waals surface area contributed by atoms with E-state index in [2.05, 4.69) is 33.7 Å². The highest BCUT2D eigenvalue weighted by Crippen LogP contribution is 2.39. The molecule has 6 nitrogen and oxygen atoms in total. The van der Waals surface area contributed by atoms with Crippen molar-refractivity contribution in [2.24, 2.45) is 0 Å². The average Bonchev–Trinajstić information content (AvgIpc) is 3.29. The van der Waals surface area contributed by atoms with E-state index in [1.807, 2.05) is 45.0 Å². The average molecular weight is 461 g/mol. The fourth-order valence-electron chi connectivity index (χ4n) is 4.25. The van der Waals surface area contributed by atoms with Crippen LogP contribution in [-0.4, -0.2) is 22.2 Å². The molecule has 1 amide bonds. The van der Waals surface area contributed by atoms with Crippen LogP contribution in [0.2, 0.25) is 0 Å². The van der Waals surface area contributed by atoms with Crippen molar-refractivity contribution >= 4 is 17.2 Å². The zero-order chi connectivity index (χ0) is 23.4. The van der Waals surface area contributed by atoms with Crippen molar-refractivity contribution in [3.05, 3.63) is 53.1 Å². The van der Waals surface area contributed by atoms with E-state index in [1.54, 1.807) is 0 Å². The summed E-state index contributed by atoms with van der Waals surface area (Å²) in [5.74, 6) is 0.687. The number of fused-ring (bicyclic) bond motifs is 1. The molecule has 1 atom stereocenters. The molecule has 1 aliphatic carbocycles. The molecular weight excluding hydrogens is 432 g/mol. The second-order valence-corrected chi connectivity index (χ2v) is 9.51. The Morgan fingerprint density at radius 2 is 2.09 bits per heavy atom. The second kappa shape index (κ2) is 10.1. The summed E-state index contributed by atoms with van der Waals surface area (Å²) >= 11 is 1.51. The lowest BCUT2D eigenvalue weighted by atomic mass is 9.85. The number of carbonyl (C=O) groups excluding carboxylic acids is 1. The van der Waals surface area contributed by atoms with Gasteiger partial charge < -0.3 is 10.1 Å². The summed E-state index contributed by atoms with van der Waals surface area (Å²) in [7, 11) is 0. The summed E-state index contributed by atoms with van der Waals surface area (Å²) in [5, 5.41) is 23.3. The maximum Gasteiger partial charge on any atom is 0.220 e. The Bertz CT molecular complexity index is 1200. The van der Waals surface area contributed by atoms with E-state index < -0.39 is 0 Å². The van der Waals surface area contributed by atoms with Crippen molar-refractivity contribution < 1.29 is 9.53 Å². The predicted molar refractivity (Wildman–Crippen MR) is 130 cm³/mol. The quantitative estimate of drug-likeness (QED) is 0.480. The fourth-order valence-corrected chi connectivity index (χ4v) is 5.14. The SMILES string of the molecule is CCCC(=O)N[C@@H]1CCCc2c(-c3nnc(-c4ccc(OC(C)C)c(C#N)c4)s3)cccc21. The van der Waals surface area contributed by atoms with E-state index in [9.17, 15) is 10.1 Å². The van der Waals surface area contributed by atoms with Gasteiger partial charge in [0.05, 0.1) is 17.7 Å². The number of nitrogens with one attached hydrogen (secondary N) is 1. The summed E-state index contributed by atoms with van der Waals surface area (Å²) in [4.78, 5) is 12.2. The molecule has 7 heteroatoms. The van der Waals surface area contributed by atoms with Gasteiger partial charge in [-0.25, -0.2) is 0 Å². The highest BCUT2D eigenvalue weighted by molar-refractivity contribution is 7.17. The molecule has 170 valence electrons. The lowest BCUT2D eigenvalue weighted by Crippen LogP contribution is -2.30. The Hall–Kier alpha value is -3.24. The van der Waals surface area contributed by atoms with Crippen molar-refractivity contribution in [1.29, 1.82) is 5.26 Å². The van der Waals surface area contributed by atoms with Crippen LogP contribution in [0.25, 0.3) is 21.1 Å². The first kappa shape index (κ1) is 22.9. The number of nitriles is 1. The number of nitrogens with zero attached hydrogens (tertiary/aromatic N) is 3. The number of benzene rings is 2. The maximum atomic E-state index is 12.2. The number of amides is 1. The summed E-state index contributed by atoms with van der Waals surface area (Å²) in [5.41, 5.74) is 4.83. The Morgan fingerprint density at radius 1 is 1.27 bits per heavy atom. The molecule has 0 radical (unpaired) electrons. The van der Waals surface area contributed by atoms with Gasteiger partial charge in [-0.3, -0.25) is 4.79 Å². The molecule has 3 aromatic rings. The second-order valence-electron chi connectivity index (χ2n) is 8.54. The number of carbonyl (C=O) groups is 1. The zero-order valence-corrected chi connectivity index (χ0v) is 20.0. The molecule has 2 aromatic carbocycles. The number of aromatic nitrogens is 2. The van der Waals surface area contributed by atoms with Crippen LogP contribution in [0.3, 0.4) is 0 Å². The van der Waals surface area contributed by atoms with Gasteiger partial charge in [-0.15, -0.1) is 10.2 Å². The van der Waals surface area contributed by atoms with Gasteiger partial charge >= 0.3 is 0 Å². The number of rotatable bonds is 7. The molecule has 1 aromatic heterocycles. The van der Waals surface area contributed by atoms with Crippen molar-refractivity contribution in [3.63, 3.8) is 0 Å². The van der Waals surface area contributed by atoms with Crippen LogP contribution in [0, 0.1) is 11.3 Å². The standard InChI is InChI=1S/C26H28N4O2S/c1-4-7-24(31)28-22-11-6-8-19-20(22)9-5-10-21(19)26-30-29-25(33-26)17-12-13-23(32-16(2)3)18(14-17)15-27/h5,9-10,12-14,16,22H,4,6-8,11H2,1-3H3,(H,28,31)/t22-/m1/s1. The molecule has 0 spiro atoms. The monoisotopic (exact) mass is 460 g/mol. The maximum absolute atomic E-state index is 12.2. The predicted octanol–water partition coefficient (Wildman–Crippen LogP) is 5.82. The molecule has 0 aliphatic heterocycles. The largest absolute Gasteiger partial charge is 0.490 e. The van der Waals surface area contributed by atoms with Crippen LogP contribution in [0.4, 0.5) is 0 Å². The Labute approximate surface area is 198 Å². The minimum Gasteiger partial charge on any atom is -0.490 e. The van der Waals surface area contributed by atoms with Crippen LogP contribution >= 0.6 is 11.3 Å². The lowest BCUT2D eigenvalue weighted by molar-refractivity contribution is -0.122. The summed E-state index contributed by atoms with van der Waals surface area (Å²) in [6.45, 7) is 5.89. The lowest BCUT2D eigenvalue weighted by Gasteiger charge is -2.27. The normalized spacial score (nSPS) is 15.1. The molecule has 4 rings (SSSR count). The molecule has 0 fully saturated rings. The molecule has 0 unspecified atom stereocenters. The van der Waals surface area contributed by atoms with Gasteiger partial charge in [-0.2, -0.15) is 5.26 Å². The molecular formula is C26H28N4O2S. The Balaban J connectivity index is 1.64. The van der Waals surface area contributed by atoms with E-state index >= 15 is 0 Å². The van der Waals surface area contributed by atoms with Crippen LogP contribution in [0.1, 0.15) is 69.2 Å². The van der Waals surface area contributed by atoms with E-state index in [0.717, 1.165) is 46.8 Å². The van der Waals surface area contributed by atoms with Crippen LogP contribution in [0.5, 0.6) is 5.75 Å². The first-order valence-electron chi connectivity index (χ1n) is 11.5. The van der Waals surface area contributed by atoms with Gasteiger partial charge in [0.15, 0.2) is 0 Å². The van der Waals surface area contributed by atoms with Gasteiger partial charge in [0.25, 0.3) is 0 Å². The van der Waals surface area contributed by atoms with Crippen molar-refractivity contribution in [2.45, 2.75) is 65.0 Å². The number of ether oxygens (including phenoxy) is 1. The zero-order valence-electron chi connectivity index (χ0n) is 19.2. The molecule has 1 N–H and O–H groups in total. The van der Waals surface area contributed by atoms with Crippen molar-refractivity contribution in [2.75, 3.05) is 0 Å². The highest BCUT2D eigenvalue weighted by atomic mass is 32.1. The van der Waals surface area contributed by atoms with Crippen molar-refractivity contribution in [3.8, 4) is 33.0 Å². The van der Waals surface area contributed by atoms with Gasteiger partial charge in [-0.05, 0) is 68.9 Å². The minimum absolute atomic E-state index is 0.00378. The van der Waals surface area contributed by atoms with E-state index in [-0.39, 0.29) is 18.1 Å². The summed E-state index contributed by atoms with van der Waals surface area (Å²) in [6, 6.07) is 14.0. The third-order valence-corrected chi connectivity index (χ3v) is 6.69. The highest BCUT2D eigenvalue weighted by Gasteiger charge is 2.25. The third kappa shape index (κ3) is 5.07. The number of hydrogen-bond acceptors (Lipinski definition) is 6. The molecule has 33 heavy (non-hydrogen) atoms. The van der Waals surface area contributed by atoms with Crippen LogP contribution in [-0.2, 0) is 11.2 Å². The molecule has 0 saturated heterocycles. The summed E-state index contributed by atoms with van der Waals surface area (Å²) in [6.07, 6.45) is 4.33. The van der Waals surface area contributed by atoms with E-state index in [1.165, 1.54) is 22.5 Å². The van der Waals surface area contributed by atoms with Gasteiger partial charge in [-0.1, -0.05) is 36.5 Å². The van der Waals surface area contributed by atoms with E-state index in [0.29, 0.717) is 17.7 Å². The minimum atomic E-state index is -0.00378. The van der Waals surface area contributed by atoms with Crippen molar-refractivity contribution in [1.82, 2.24) is 15.5 Å². The first-order valence-corrected chi connectivity index (χ1v) is 12.3. The van der Waals surface area contributed by atoms with Gasteiger partial charge in [0.2, 0.25) is 5.91 Å². The third-order valence-electron chi connectivity index (χ3n) is 5.68. The van der Waals surface area contributed by atoms with Crippen LogP contribution < -0.4 is 10.1 Å². The summed E-state index contributed by atoms with van der Waals surface area (Å²) < 4.78 is 5.73. The van der Waals surface area contributed by atoms with Gasteiger partial charge in [0, 0.05) is 17.5 Å². The molecule has 1 heterocycles. The first-order chi connectivity index (χ1) is 16.0.